The van der Waals surface area contributed by atoms with Gasteiger partial charge in [0.15, 0.2) is 0 Å². The number of hydrogen-bond donors (Lipinski definition) is 3. The maximum atomic E-state index is 10.2. The number of β-amino-alcohol motifs (C(OH)–C–C–N with tert-alkyl or cyclic N) is 1. The lowest BCUT2D eigenvalue weighted by molar-refractivity contribution is 0.0492. The van der Waals surface area contributed by atoms with Gasteiger partial charge in [-0.05, 0) is 50.0 Å². The molecule has 1 unspecified atom stereocenters. The van der Waals surface area contributed by atoms with Gasteiger partial charge >= 0.3 is 0 Å². The van der Waals surface area contributed by atoms with Crippen LogP contribution in [0, 0.1) is 5.92 Å². The predicted octanol–water partition coefficient (Wildman–Crippen LogP) is 1.61. The van der Waals surface area contributed by atoms with E-state index >= 15 is 0 Å². The minimum Gasteiger partial charge on any atom is -0.490 e. The largest absolute Gasteiger partial charge is 0.490 e. The van der Waals surface area contributed by atoms with Crippen LogP contribution < -0.4 is 4.74 Å². The Morgan fingerprint density at radius 1 is 1.27 bits per heavy atom. The number of nitrogens with zero attached hydrogens (tertiary/aromatic N) is 1. The molecule has 1 aliphatic rings. The Morgan fingerprint density at radius 3 is 2.86 bits per heavy atom. The van der Waals surface area contributed by atoms with Gasteiger partial charge in [-0.15, -0.1) is 0 Å². The van der Waals surface area contributed by atoms with Crippen molar-refractivity contribution in [2.75, 3.05) is 32.8 Å². The minimum absolute atomic E-state index is 0.278. The number of hydrogen-bond acceptors (Lipinski definition) is 4. The maximum absolute atomic E-state index is 10.2. The molecule has 2 heterocycles. The zero-order valence-corrected chi connectivity index (χ0v) is 12.7. The Morgan fingerprint density at radius 2 is 2.09 bits per heavy atom. The fourth-order valence-corrected chi connectivity index (χ4v) is 3.07. The zero-order chi connectivity index (χ0) is 15.4. The van der Waals surface area contributed by atoms with E-state index in [2.05, 4.69) is 9.88 Å². The van der Waals surface area contributed by atoms with Crippen molar-refractivity contribution in [1.29, 1.82) is 0 Å². The van der Waals surface area contributed by atoms with Crippen LogP contribution in [0.25, 0.3) is 10.9 Å². The summed E-state index contributed by atoms with van der Waals surface area (Å²) in [4.78, 5) is 5.40. The first-order valence-electron chi connectivity index (χ1n) is 7.96. The van der Waals surface area contributed by atoms with Crippen LogP contribution >= 0.6 is 0 Å². The van der Waals surface area contributed by atoms with Crippen LogP contribution in [0.15, 0.2) is 30.5 Å². The highest BCUT2D eigenvalue weighted by atomic mass is 16.5. The molecule has 120 valence electrons. The first-order valence-corrected chi connectivity index (χ1v) is 7.96. The van der Waals surface area contributed by atoms with E-state index < -0.39 is 6.10 Å². The molecule has 0 amide bonds. The highest BCUT2D eigenvalue weighted by Crippen LogP contribution is 2.24. The van der Waals surface area contributed by atoms with Gasteiger partial charge in [-0.3, -0.25) is 0 Å². The molecule has 3 N–H and O–H groups in total. The zero-order valence-electron chi connectivity index (χ0n) is 12.7. The topological polar surface area (TPSA) is 68.7 Å². The molecule has 1 aliphatic heterocycles. The summed E-state index contributed by atoms with van der Waals surface area (Å²) in [6, 6.07) is 7.86. The van der Waals surface area contributed by atoms with Gasteiger partial charge in [-0.1, -0.05) is 6.07 Å². The lowest BCUT2D eigenvalue weighted by atomic mass is 9.98. The molecular weight excluding hydrogens is 280 g/mol. The molecule has 5 nitrogen and oxygen atoms in total. The second kappa shape index (κ2) is 7.13. The number of aromatic amines is 1. The van der Waals surface area contributed by atoms with E-state index in [9.17, 15) is 5.11 Å². The first-order chi connectivity index (χ1) is 10.8. The Bertz CT molecular complexity index is 590. The van der Waals surface area contributed by atoms with Crippen molar-refractivity contribution in [1.82, 2.24) is 9.88 Å². The SMILES string of the molecule is OCC1CCN(CC(O)COc2cccc3[nH]ccc23)CC1. The highest BCUT2D eigenvalue weighted by Gasteiger charge is 2.20. The number of aromatic nitrogens is 1. The van der Waals surface area contributed by atoms with Gasteiger partial charge in [-0.25, -0.2) is 0 Å². The number of H-pyrrole nitrogens is 1. The molecule has 1 saturated heterocycles. The van der Waals surface area contributed by atoms with Crippen molar-refractivity contribution in [2.45, 2.75) is 18.9 Å². The quantitative estimate of drug-likeness (QED) is 0.758. The van der Waals surface area contributed by atoms with Crippen molar-refractivity contribution < 1.29 is 14.9 Å². The van der Waals surface area contributed by atoms with E-state index in [1.54, 1.807) is 0 Å². The average Bonchev–Trinajstić information content (AvgIpc) is 3.03. The Kier molecular flexibility index (Phi) is 4.97. The third-order valence-electron chi connectivity index (χ3n) is 4.42. The summed E-state index contributed by atoms with van der Waals surface area (Å²) >= 11 is 0. The van der Waals surface area contributed by atoms with Gasteiger partial charge in [0.25, 0.3) is 0 Å². The fourth-order valence-electron chi connectivity index (χ4n) is 3.07. The highest BCUT2D eigenvalue weighted by molar-refractivity contribution is 5.85. The normalized spacial score (nSPS) is 18.6. The van der Waals surface area contributed by atoms with Crippen molar-refractivity contribution in [3.8, 4) is 5.75 Å². The molecule has 3 rings (SSSR count). The molecule has 22 heavy (non-hydrogen) atoms. The van der Waals surface area contributed by atoms with Crippen LogP contribution in [0.2, 0.25) is 0 Å². The maximum Gasteiger partial charge on any atom is 0.128 e. The molecule has 0 radical (unpaired) electrons. The number of aliphatic hydroxyl groups excluding tert-OH is 2. The number of benzene rings is 1. The molecule has 0 bridgehead atoms. The number of fused-ring (bicyclic) bond motifs is 1. The fraction of sp³-hybridized carbons (Fsp3) is 0.529. The van der Waals surface area contributed by atoms with Gasteiger partial charge in [0.1, 0.15) is 18.5 Å². The average molecular weight is 304 g/mol. The van der Waals surface area contributed by atoms with E-state index in [0.717, 1.165) is 42.6 Å². The third kappa shape index (κ3) is 3.61. The monoisotopic (exact) mass is 304 g/mol. The van der Waals surface area contributed by atoms with Crippen LogP contribution in [0.1, 0.15) is 12.8 Å². The molecule has 1 fully saturated rings. The molecule has 1 aromatic carbocycles. The molecular formula is C17H24N2O3. The van der Waals surface area contributed by atoms with E-state index in [1.165, 1.54) is 0 Å². The van der Waals surface area contributed by atoms with E-state index in [0.29, 0.717) is 19.1 Å². The van der Waals surface area contributed by atoms with E-state index in [1.807, 2.05) is 30.5 Å². The summed E-state index contributed by atoms with van der Waals surface area (Å²) in [6.07, 6.45) is 3.40. The van der Waals surface area contributed by atoms with Crippen LogP contribution in [0.4, 0.5) is 0 Å². The summed E-state index contributed by atoms with van der Waals surface area (Å²) in [6.45, 7) is 3.08. The third-order valence-corrected chi connectivity index (χ3v) is 4.42. The van der Waals surface area contributed by atoms with E-state index in [-0.39, 0.29) is 6.61 Å². The molecule has 5 heteroatoms. The summed E-state index contributed by atoms with van der Waals surface area (Å²) in [5.41, 5.74) is 1.04. The van der Waals surface area contributed by atoms with E-state index in [4.69, 9.17) is 9.84 Å². The van der Waals surface area contributed by atoms with Gasteiger partial charge in [0.05, 0.1) is 0 Å². The summed E-state index contributed by atoms with van der Waals surface area (Å²) < 4.78 is 5.79. The van der Waals surface area contributed by atoms with Crippen LogP contribution in [-0.4, -0.2) is 59.0 Å². The van der Waals surface area contributed by atoms with Crippen LogP contribution in [0.5, 0.6) is 5.75 Å². The standard InChI is InChI=1S/C17H24N2O3/c20-11-13-5-8-19(9-6-13)10-14(21)12-22-17-3-1-2-16-15(17)4-7-18-16/h1-4,7,13-14,18,20-21H,5-6,8-12H2. The molecule has 0 saturated carbocycles. The van der Waals surface area contributed by atoms with Gasteiger partial charge < -0.3 is 24.8 Å². The molecule has 0 aliphatic carbocycles. The van der Waals surface area contributed by atoms with Crippen molar-refractivity contribution >= 4 is 10.9 Å². The molecule has 1 aromatic heterocycles. The summed E-state index contributed by atoms with van der Waals surface area (Å²) in [5.74, 6) is 1.23. The van der Waals surface area contributed by atoms with Crippen molar-refractivity contribution in [2.24, 2.45) is 5.92 Å². The van der Waals surface area contributed by atoms with Gasteiger partial charge in [0.2, 0.25) is 0 Å². The number of likely N-dealkylation sites (tertiary alicyclic amines) is 1. The van der Waals surface area contributed by atoms with Crippen molar-refractivity contribution in [3.63, 3.8) is 0 Å². The van der Waals surface area contributed by atoms with Gasteiger partial charge in [0, 0.05) is 30.3 Å². The second-order valence-electron chi connectivity index (χ2n) is 6.09. The Hall–Kier alpha value is -1.56. The summed E-state index contributed by atoms with van der Waals surface area (Å²) in [5, 5.41) is 20.4. The Labute approximate surface area is 130 Å². The number of piperidine rings is 1. The molecule has 2 aromatic rings. The van der Waals surface area contributed by atoms with Gasteiger partial charge in [-0.2, -0.15) is 0 Å². The number of ether oxygens (including phenoxy) is 1. The second-order valence-corrected chi connectivity index (χ2v) is 6.09. The lowest BCUT2D eigenvalue weighted by Crippen LogP contribution is -2.41. The molecule has 0 spiro atoms. The minimum atomic E-state index is -0.500. The smallest absolute Gasteiger partial charge is 0.128 e. The van der Waals surface area contributed by atoms with Crippen molar-refractivity contribution in [3.05, 3.63) is 30.5 Å². The number of nitrogens with one attached hydrogen (secondary N) is 1. The van der Waals surface area contributed by atoms with Crippen LogP contribution in [-0.2, 0) is 0 Å². The number of rotatable bonds is 6. The van der Waals surface area contributed by atoms with Crippen LogP contribution in [0.3, 0.4) is 0 Å². The number of aliphatic hydroxyl groups is 2. The first kappa shape index (κ1) is 15.3. The lowest BCUT2D eigenvalue weighted by Gasteiger charge is -2.32. The summed E-state index contributed by atoms with van der Waals surface area (Å²) in [7, 11) is 0. The predicted molar refractivity (Wildman–Crippen MR) is 86.1 cm³/mol. The Balaban J connectivity index is 1.48. The molecule has 1 atom stereocenters.